The Hall–Kier alpha value is -2.50. The third-order valence-electron chi connectivity index (χ3n) is 5.78. The molecule has 0 saturated carbocycles. The Balaban J connectivity index is 2.16. The van der Waals surface area contributed by atoms with Gasteiger partial charge in [-0.15, -0.1) is 0 Å². The number of benzene rings is 1. The minimum absolute atomic E-state index is 0.00211. The molecular formula is C23H32O6. The van der Waals surface area contributed by atoms with E-state index in [1.54, 1.807) is 6.26 Å². The first-order valence-corrected chi connectivity index (χ1v) is 10.0. The van der Waals surface area contributed by atoms with E-state index in [0.717, 1.165) is 24.2 Å². The predicted molar refractivity (Wildman–Crippen MR) is 109 cm³/mol. The van der Waals surface area contributed by atoms with Gasteiger partial charge in [0.15, 0.2) is 0 Å². The molecule has 0 saturated heterocycles. The summed E-state index contributed by atoms with van der Waals surface area (Å²) in [6, 6.07) is 9.91. The van der Waals surface area contributed by atoms with Gasteiger partial charge in [0.05, 0.1) is 20.6 Å². The Bertz CT molecular complexity index is 699. The van der Waals surface area contributed by atoms with Crippen LogP contribution in [0.25, 0.3) is 0 Å². The van der Waals surface area contributed by atoms with Crippen LogP contribution in [0.4, 0.5) is 0 Å². The molecule has 0 aromatic heterocycles. The molecule has 0 bridgehead atoms. The van der Waals surface area contributed by atoms with Crippen molar-refractivity contribution in [1.82, 2.24) is 0 Å². The van der Waals surface area contributed by atoms with Gasteiger partial charge in [0.25, 0.3) is 0 Å². The fourth-order valence-electron chi connectivity index (χ4n) is 3.49. The maximum atomic E-state index is 11.9. The summed E-state index contributed by atoms with van der Waals surface area (Å²) in [5.74, 6) is 0.229. The van der Waals surface area contributed by atoms with Crippen LogP contribution >= 0.6 is 0 Å². The molecule has 3 unspecified atom stereocenters. The number of carbonyl (C=O) groups is 2. The lowest BCUT2D eigenvalue weighted by atomic mass is 9.74. The fraction of sp³-hybridized carbons (Fsp3) is 0.565. The van der Waals surface area contributed by atoms with Gasteiger partial charge >= 0.3 is 11.9 Å². The van der Waals surface area contributed by atoms with Crippen molar-refractivity contribution in [2.45, 2.75) is 58.7 Å². The average Bonchev–Trinajstić information content (AvgIpc) is 2.73. The first kappa shape index (κ1) is 22.8. The van der Waals surface area contributed by atoms with E-state index in [-0.39, 0.29) is 35.8 Å². The quantitative estimate of drug-likeness (QED) is 0.599. The van der Waals surface area contributed by atoms with Crippen molar-refractivity contribution in [3.8, 4) is 0 Å². The number of allylic oxidation sites excluding steroid dienone is 1. The number of carbonyl (C=O) groups excluding carboxylic acids is 2. The molecule has 6 heteroatoms. The molecule has 1 aliphatic heterocycles. The average molecular weight is 405 g/mol. The second-order valence-corrected chi connectivity index (χ2v) is 7.83. The summed E-state index contributed by atoms with van der Waals surface area (Å²) >= 11 is 0. The smallest absolute Gasteiger partial charge is 0.306 e. The molecular weight excluding hydrogens is 372 g/mol. The van der Waals surface area contributed by atoms with E-state index < -0.39 is 0 Å². The second kappa shape index (κ2) is 10.9. The summed E-state index contributed by atoms with van der Waals surface area (Å²) in [5.41, 5.74) is 0.698. The molecule has 0 radical (unpaired) electrons. The summed E-state index contributed by atoms with van der Waals surface area (Å²) < 4.78 is 21.8. The van der Waals surface area contributed by atoms with E-state index in [1.165, 1.54) is 14.2 Å². The molecule has 0 fully saturated rings. The van der Waals surface area contributed by atoms with Crippen LogP contribution in [0.1, 0.15) is 51.5 Å². The van der Waals surface area contributed by atoms with Crippen LogP contribution in [0.5, 0.6) is 0 Å². The van der Waals surface area contributed by atoms with Gasteiger partial charge < -0.3 is 18.9 Å². The number of hydrogen-bond acceptors (Lipinski definition) is 6. The van der Waals surface area contributed by atoms with Crippen molar-refractivity contribution in [3.63, 3.8) is 0 Å². The standard InChI is InChI=1S/C23H32O6/c1-17-23(2,14-22(25)27-4)13-12-19(10-11-21(24)26-3)20(16-28-17)29-15-18-8-6-5-7-9-18/h5-9,16-17,19H,10-15H2,1-4H3. The van der Waals surface area contributed by atoms with Gasteiger partial charge in [0.2, 0.25) is 0 Å². The van der Waals surface area contributed by atoms with Crippen LogP contribution < -0.4 is 0 Å². The van der Waals surface area contributed by atoms with E-state index in [0.29, 0.717) is 19.4 Å². The Labute approximate surface area is 173 Å². The predicted octanol–water partition coefficient (Wildman–Crippen LogP) is 4.38. The molecule has 29 heavy (non-hydrogen) atoms. The fourth-order valence-corrected chi connectivity index (χ4v) is 3.49. The van der Waals surface area contributed by atoms with Crippen LogP contribution in [0.2, 0.25) is 0 Å². The van der Waals surface area contributed by atoms with E-state index in [1.807, 2.05) is 44.2 Å². The Morgan fingerprint density at radius 1 is 1.14 bits per heavy atom. The summed E-state index contributed by atoms with van der Waals surface area (Å²) in [6.07, 6.45) is 4.18. The highest BCUT2D eigenvalue weighted by atomic mass is 16.5. The van der Waals surface area contributed by atoms with Crippen molar-refractivity contribution < 1.29 is 28.5 Å². The Morgan fingerprint density at radius 2 is 1.83 bits per heavy atom. The minimum atomic E-state index is -0.363. The molecule has 1 aliphatic rings. The Kier molecular flexibility index (Phi) is 8.55. The lowest BCUT2D eigenvalue weighted by Crippen LogP contribution is -2.36. The number of esters is 2. The minimum Gasteiger partial charge on any atom is -0.494 e. The summed E-state index contributed by atoms with van der Waals surface area (Å²) in [7, 11) is 2.79. The zero-order chi connectivity index (χ0) is 21.3. The molecule has 0 spiro atoms. The highest BCUT2D eigenvalue weighted by Gasteiger charge is 2.38. The maximum absolute atomic E-state index is 11.9. The van der Waals surface area contributed by atoms with E-state index in [9.17, 15) is 9.59 Å². The first-order valence-electron chi connectivity index (χ1n) is 10.0. The summed E-state index contributed by atoms with van der Waals surface area (Å²) in [6.45, 7) is 4.43. The number of rotatable bonds is 8. The molecule has 2 rings (SSSR count). The zero-order valence-corrected chi connectivity index (χ0v) is 17.8. The number of hydrogen-bond donors (Lipinski definition) is 0. The first-order chi connectivity index (χ1) is 13.9. The molecule has 3 atom stereocenters. The van der Waals surface area contributed by atoms with Crippen LogP contribution in [-0.2, 0) is 35.1 Å². The van der Waals surface area contributed by atoms with Crippen LogP contribution in [-0.4, -0.2) is 32.3 Å². The van der Waals surface area contributed by atoms with Crippen molar-refractivity contribution >= 4 is 11.9 Å². The topological polar surface area (TPSA) is 71.1 Å². The second-order valence-electron chi connectivity index (χ2n) is 7.83. The van der Waals surface area contributed by atoms with Gasteiger partial charge in [-0.1, -0.05) is 37.3 Å². The molecule has 0 aliphatic carbocycles. The Morgan fingerprint density at radius 3 is 2.48 bits per heavy atom. The summed E-state index contributed by atoms with van der Waals surface area (Å²) in [5, 5.41) is 0. The SMILES string of the molecule is COC(=O)CCC1CCC(C)(CC(=O)OC)C(C)OC=C1OCc1ccccc1. The van der Waals surface area contributed by atoms with Crippen LogP contribution in [0, 0.1) is 11.3 Å². The molecule has 0 N–H and O–H groups in total. The van der Waals surface area contributed by atoms with Crippen molar-refractivity contribution in [2.24, 2.45) is 11.3 Å². The normalized spacial score (nSPS) is 24.3. The van der Waals surface area contributed by atoms with Gasteiger partial charge in [-0.05, 0) is 31.7 Å². The van der Waals surface area contributed by atoms with Gasteiger partial charge in [-0.3, -0.25) is 9.59 Å². The molecule has 6 nitrogen and oxygen atoms in total. The molecule has 1 heterocycles. The highest BCUT2D eigenvalue weighted by molar-refractivity contribution is 5.70. The third-order valence-corrected chi connectivity index (χ3v) is 5.78. The van der Waals surface area contributed by atoms with Crippen molar-refractivity contribution in [2.75, 3.05) is 14.2 Å². The maximum Gasteiger partial charge on any atom is 0.306 e. The monoisotopic (exact) mass is 404 g/mol. The van der Waals surface area contributed by atoms with Crippen LogP contribution in [0.3, 0.4) is 0 Å². The van der Waals surface area contributed by atoms with Gasteiger partial charge in [-0.25, -0.2) is 0 Å². The van der Waals surface area contributed by atoms with E-state index in [2.05, 4.69) is 0 Å². The van der Waals surface area contributed by atoms with Crippen LogP contribution in [0.15, 0.2) is 42.4 Å². The number of methoxy groups -OCH3 is 2. The van der Waals surface area contributed by atoms with Crippen molar-refractivity contribution in [1.29, 1.82) is 0 Å². The summed E-state index contributed by atoms with van der Waals surface area (Å²) in [4.78, 5) is 23.6. The largest absolute Gasteiger partial charge is 0.494 e. The van der Waals surface area contributed by atoms with Gasteiger partial charge in [-0.2, -0.15) is 0 Å². The van der Waals surface area contributed by atoms with Gasteiger partial charge in [0, 0.05) is 17.8 Å². The molecule has 1 aromatic rings. The molecule has 0 amide bonds. The molecule has 160 valence electrons. The molecule has 1 aromatic carbocycles. The number of ether oxygens (including phenoxy) is 4. The lowest BCUT2D eigenvalue weighted by Gasteiger charge is -2.37. The van der Waals surface area contributed by atoms with Gasteiger partial charge in [0.1, 0.15) is 24.7 Å². The zero-order valence-electron chi connectivity index (χ0n) is 17.8. The highest BCUT2D eigenvalue weighted by Crippen LogP contribution is 2.40. The van der Waals surface area contributed by atoms with E-state index in [4.69, 9.17) is 18.9 Å². The van der Waals surface area contributed by atoms with Crippen molar-refractivity contribution in [3.05, 3.63) is 47.9 Å². The van der Waals surface area contributed by atoms with E-state index >= 15 is 0 Å². The third kappa shape index (κ3) is 6.80. The lowest BCUT2D eigenvalue weighted by molar-refractivity contribution is -0.145.